The smallest absolute Gasteiger partial charge is 0.213 e. The van der Waals surface area contributed by atoms with Crippen molar-refractivity contribution < 1.29 is 4.74 Å². The number of nitrogen functional groups attached to an aromatic ring is 1. The van der Waals surface area contributed by atoms with E-state index >= 15 is 0 Å². The molecule has 0 fully saturated rings. The molecule has 0 saturated carbocycles. The number of fused-ring (bicyclic) bond motifs is 1. The minimum Gasteiger partial charge on any atom is -0.481 e. The lowest BCUT2D eigenvalue weighted by Crippen LogP contribution is -1.99. The van der Waals surface area contributed by atoms with Crippen molar-refractivity contribution in [1.29, 1.82) is 0 Å². The molecule has 3 aromatic heterocycles. The van der Waals surface area contributed by atoms with Gasteiger partial charge in [0.05, 0.1) is 7.11 Å². The Morgan fingerprint density at radius 3 is 2.54 bits per heavy atom. The van der Waals surface area contributed by atoms with Crippen LogP contribution < -0.4 is 10.5 Å². The number of nitrogens with zero attached hydrogens (tertiary/aromatic N) is 4. The summed E-state index contributed by atoms with van der Waals surface area (Å²) in [5.41, 5.74) is 9.55. The van der Waals surface area contributed by atoms with Gasteiger partial charge in [0.25, 0.3) is 0 Å². The van der Waals surface area contributed by atoms with Crippen molar-refractivity contribution in [2.24, 2.45) is 0 Å². The molecule has 3 heterocycles. The molecule has 4 aromatic rings. The summed E-state index contributed by atoms with van der Waals surface area (Å²) in [5.74, 6) is 1.54. The second-order valence-corrected chi connectivity index (χ2v) is 5.31. The molecule has 0 bridgehead atoms. The van der Waals surface area contributed by atoms with Crippen LogP contribution in [0.2, 0.25) is 0 Å². The Bertz CT molecular complexity index is 1010. The fourth-order valence-electron chi connectivity index (χ4n) is 2.57. The molecule has 2 N–H and O–H groups in total. The summed E-state index contributed by atoms with van der Waals surface area (Å²) < 4.78 is 6.77. The maximum Gasteiger partial charge on any atom is 0.213 e. The van der Waals surface area contributed by atoms with Gasteiger partial charge >= 0.3 is 0 Å². The van der Waals surface area contributed by atoms with Crippen molar-refractivity contribution in [2.75, 3.05) is 12.8 Å². The first-order valence-electron chi connectivity index (χ1n) is 7.48. The van der Waals surface area contributed by atoms with Gasteiger partial charge in [-0.15, -0.1) is 5.10 Å². The highest BCUT2D eigenvalue weighted by Gasteiger charge is 2.12. The fourth-order valence-corrected chi connectivity index (χ4v) is 2.57. The zero-order chi connectivity index (χ0) is 16.5. The molecular formula is C18H15N5O. The molecule has 6 nitrogen and oxygen atoms in total. The molecule has 0 saturated heterocycles. The summed E-state index contributed by atoms with van der Waals surface area (Å²) in [6.07, 6.45) is 0. The van der Waals surface area contributed by atoms with Gasteiger partial charge in [-0.2, -0.15) is 4.52 Å². The number of benzene rings is 1. The maximum absolute atomic E-state index is 6.16. The van der Waals surface area contributed by atoms with Crippen LogP contribution in [0.3, 0.4) is 0 Å². The summed E-state index contributed by atoms with van der Waals surface area (Å²) >= 11 is 0. The molecule has 0 atom stereocenters. The zero-order valence-electron chi connectivity index (χ0n) is 13.0. The molecule has 0 amide bonds. The van der Waals surface area contributed by atoms with Gasteiger partial charge in [-0.05, 0) is 29.3 Å². The molecule has 0 radical (unpaired) electrons. The monoisotopic (exact) mass is 317 g/mol. The third-order valence-corrected chi connectivity index (χ3v) is 3.73. The van der Waals surface area contributed by atoms with E-state index in [-0.39, 0.29) is 0 Å². The Balaban J connectivity index is 1.85. The predicted molar refractivity (Wildman–Crippen MR) is 92.6 cm³/mol. The summed E-state index contributed by atoms with van der Waals surface area (Å²) in [5, 5.41) is 4.46. The van der Waals surface area contributed by atoms with Gasteiger partial charge in [0, 0.05) is 6.07 Å². The van der Waals surface area contributed by atoms with E-state index in [0.717, 1.165) is 11.1 Å². The fraction of sp³-hybridized carbons (Fsp3) is 0.0556. The quantitative estimate of drug-likeness (QED) is 0.628. The van der Waals surface area contributed by atoms with Crippen molar-refractivity contribution in [1.82, 2.24) is 19.6 Å². The number of ether oxygens (including phenoxy) is 1. The molecule has 118 valence electrons. The second kappa shape index (κ2) is 5.66. The largest absolute Gasteiger partial charge is 0.481 e. The Hall–Kier alpha value is -3.41. The SMILES string of the molecule is COc1cccc(-c2nc3cc(-c4ccccc4)cc(N)n3n2)n1. The molecule has 24 heavy (non-hydrogen) atoms. The highest BCUT2D eigenvalue weighted by Crippen LogP contribution is 2.25. The zero-order valence-corrected chi connectivity index (χ0v) is 13.0. The van der Waals surface area contributed by atoms with Crippen LogP contribution in [0.25, 0.3) is 28.3 Å². The Labute approximate surface area is 138 Å². The van der Waals surface area contributed by atoms with E-state index in [1.165, 1.54) is 0 Å². The van der Waals surface area contributed by atoms with E-state index in [0.29, 0.717) is 28.9 Å². The summed E-state index contributed by atoms with van der Waals surface area (Å²) in [4.78, 5) is 8.92. The molecular weight excluding hydrogens is 302 g/mol. The Kier molecular flexibility index (Phi) is 3.35. The number of pyridine rings is 2. The summed E-state index contributed by atoms with van der Waals surface area (Å²) in [7, 11) is 1.58. The van der Waals surface area contributed by atoms with Crippen LogP contribution in [-0.4, -0.2) is 26.7 Å². The lowest BCUT2D eigenvalue weighted by Gasteiger charge is -2.04. The van der Waals surface area contributed by atoms with Crippen molar-refractivity contribution in [3.8, 4) is 28.5 Å². The number of anilines is 1. The number of nitrogens with two attached hydrogens (primary N) is 1. The standard InChI is InChI=1S/C18H15N5O/c1-24-17-9-5-8-14(20-17)18-21-16-11-13(10-15(19)23(16)22-18)12-6-3-2-4-7-12/h2-11H,19H2,1H3. The van der Waals surface area contributed by atoms with Gasteiger partial charge in [-0.25, -0.2) is 9.97 Å². The maximum atomic E-state index is 6.16. The first kappa shape index (κ1) is 14.2. The normalized spacial score (nSPS) is 10.9. The highest BCUT2D eigenvalue weighted by atomic mass is 16.5. The Morgan fingerprint density at radius 2 is 1.75 bits per heavy atom. The van der Waals surface area contributed by atoms with Crippen LogP contribution in [0.5, 0.6) is 5.88 Å². The third-order valence-electron chi connectivity index (χ3n) is 3.73. The van der Waals surface area contributed by atoms with Gasteiger partial charge in [-0.1, -0.05) is 36.4 Å². The first-order valence-corrected chi connectivity index (χ1v) is 7.48. The van der Waals surface area contributed by atoms with E-state index in [1.54, 1.807) is 17.7 Å². The molecule has 0 unspecified atom stereocenters. The molecule has 1 aromatic carbocycles. The lowest BCUT2D eigenvalue weighted by atomic mass is 10.1. The van der Waals surface area contributed by atoms with Gasteiger partial charge in [0.1, 0.15) is 11.5 Å². The molecule has 4 rings (SSSR count). The van der Waals surface area contributed by atoms with E-state index in [9.17, 15) is 0 Å². The summed E-state index contributed by atoms with van der Waals surface area (Å²) in [6, 6.07) is 19.4. The van der Waals surface area contributed by atoms with Crippen LogP contribution in [0.1, 0.15) is 0 Å². The number of hydrogen-bond acceptors (Lipinski definition) is 5. The highest BCUT2D eigenvalue weighted by molar-refractivity contribution is 5.71. The van der Waals surface area contributed by atoms with Gasteiger partial charge < -0.3 is 10.5 Å². The van der Waals surface area contributed by atoms with Crippen molar-refractivity contribution in [2.45, 2.75) is 0 Å². The molecule has 0 spiro atoms. The average molecular weight is 317 g/mol. The number of rotatable bonds is 3. The second-order valence-electron chi connectivity index (χ2n) is 5.31. The Morgan fingerprint density at radius 1 is 0.917 bits per heavy atom. The first-order chi connectivity index (χ1) is 11.7. The van der Waals surface area contributed by atoms with E-state index in [2.05, 4.69) is 15.1 Å². The van der Waals surface area contributed by atoms with Crippen molar-refractivity contribution >= 4 is 11.5 Å². The number of aromatic nitrogens is 4. The van der Waals surface area contributed by atoms with E-state index in [4.69, 9.17) is 10.5 Å². The van der Waals surface area contributed by atoms with Crippen LogP contribution in [0.15, 0.2) is 60.7 Å². The van der Waals surface area contributed by atoms with Crippen LogP contribution in [0.4, 0.5) is 5.82 Å². The van der Waals surface area contributed by atoms with Crippen molar-refractivity contribution in [3.05, 3.63) is 60.7 Å². The van der Waals surface area contributed by atoms with E-state index in [1.807, 2.05) is 54.6 Å². The van der Waals surface area contributed by atoms with Crippen LogP contribution >= 0.6 is 0 Å². The van der Waals surface area contributed by atoms with Crippen LogP contribution in [-0.2, 0) is 0 Å². The molecule has 0 aliphatic rings. The van der Waals surface area contributed by atoms with Crippen LogP contribution in [0, 0.1) is 0 Å². The topological polar surface area (TPSA) is 78.3 Å². The number of hydrogen-bond donors (Lipinski definition) is 1. The van der Waals surface area contributed by atoms with Gasteiger partial charge in [-0.3, -0.25) is 0 Å². The summed E-state index contributed by atoms with van der Waals surface area (Å²) in [6.45, 7) is 0. The van der Waals surface area contributed by atoms with Gasteiger partial charge in [0.15, 0.2) is 5.65 Å². The lowest BCUT2D eigenvalue weighted by molar-refractivity contribution is 0.398. The average Bonchev–Trinajstić information content (AvgIpc) is 3.07. The minimum absolute atomic E-state index is 0.505. The van der Waals surface area contributed by atoms with E-state index < -0.39 is 0 Å². The molecule has 0 aliphatic heterocycles. The molecule has 0 aliphatic carbocycles. The predicted octanol–water partition coefficient (Wildman–Crippen LogP) is 3.05. The minimum atomic E-state index is 0.505. The molecule has 6 heteroatoms. The van der Waals surface area contributed by atoms with Crippen molar-refractivity contribution in [3.63, 3.8) is 0 Å². The van der Waals surface area contributed by atoms with Gasteiger partial charge in [0.2, 0.25) is 11.7 Å². The third kappa shape index (κ3) is 2.44. The number of methoxy groups -OCH3 is 1.